The van der Waals surface area contributed by atoms with Crippen LogP contribution in [-0.2, 0) is 6.42 Å². The summed E-state index contributed by atoms with van der Waals surface area (Å²) in [5.41, 5.74) is 5.45. The summed E-state index contributed by atoms with van der Waals surface area (Å²) in [4.78, 5) is 3.41. The van der Waals surface area contributed by atoms with Crippen LogP contribution in [0.3, 0.4) is 0 Å². The molecule has 1 aromatic carbocycles. The highest BCUT2D eigenvalue weighted by atomic mass is 14.9. The number of rotatable bonds is 4. The van der Waals surface area contributed by atoms with Gasteiger partial charge in [0.15, 0.2) is 0 Å². The van der Waals surface area contributed by atoms with Crippen molar-refractivity contribution >= 4 is 10.9 Å². The first-order chi connectivity index (χ1) is 8.24. The largest absolute Gasteiger partial charge is 0.361 e. The number of hydrogen-bond acceptors (Lipinski definition) is 1. The Kier molecular flexibility index (Phi) is 2.67. The summed E-state index contributed by atoms with van der Waals surface area (Å²) in [7, 11) is 0. The van der Waals surface area contributed by atoms with Crippen molar-refractivity contribution in [1.29, 1.82) is 0 Å². The molecule has 1 heterocycles. The van der Waals surface area contributed by atoms with Crippen molar-refractivity contribution in [2.45, 2.75) is 39.2 Å². The van der Waals surface area contributed by atoms with Gasteiger partial charge in [-0.05, 0) is 56.8 Å². The molecule has 2 aromatic rings. The third-order valence-electron chi connectivity index (χ3n) is 3.62. The number of aromatic amines is 1. The summed E-state index contributed by atoms with van der Waals surface area (Å²) in [6, 6.07) is 5.35. The van der Waals surface area contributed by atoms with Gasteiger partial charge in [0.1, 0.15) is 0 Å². The minimum absolute atomic E-state index is 0.809. The number of H-pyrrole nitrogens is 1. The normalized spacial score (nSPS) is 15.6. The van der Waals surface area contributed by atoms with Crippen molar-refractivity contribution in [1.82, 2.24) is 10.3 Å². The molecule has 3 rings (SSSR count). The quantitative estimate of drug-likeness (QED) is 0.827. The lowest BCUT2D eigenvalue weighted by atomic mass is 10.0. The van der Waals surface area contributed by atoms with Crippen LogP contribution in [-0.4, -0.2) is 17.6 Å². The molecule has 0 bridgehead atoms. The predicted molar refractivity (Wildman–Crippen MR) is 72.5 cm³/mol. The third kappa shape index (κ3) is 2.22. The molecule has 0 radical (unpaired) electrons. The zero-order chi connectivity index (χ0) is 11.8. The maximum absolute atomic E-state index is 3.57. The lowest BCUT2D eigenvalue weighted by molar-refractivity contribution is 0.683. The summed E-state index contributed by atoms with van der Waals surface area (Å²) < 4.78 is 0. The van der Waals surface area contributed by atoms with Crippen LogP contribution in [0.5, 0.6) is 0 Å². The van der Waals surface area contributed by atoms with Crippen LogP contribution in [0.25, 0.3) is 10.9 Å². The summed E-state index contributed by atoms with van der Waals surface area (Å²) in [5, 5.41) is 4.98. The second-order valence-corrected chi connectivity index (χ2v) is 5.30. The molecule has 90 valence electrons. The molecule has 2 heteroatoms. The van der Waals surface area contributed by atoms with Crippen LogP contribution in [0.4, 0.5) is 0 Å². The highest BCUT2D eigenvalue weighted by Gasteiger charge is 2.19. The van der Waals surface area contributed by atoms with Gasteiger partial charge in [0, 0.05) is 23.1 Å². The Labute approximate surface area is 102 Å². The average Bonchev–Trinajstić information content (AvgIpc) is 3.01. The van der Waals surface area contributed by atoms with E-state index in [9.17, 15) is 0 Å². The van der Waals surface area contributed by atoms with E-state index in [1.165, 1.54) is 40.4 Å². The van der Waals surface area contributed by atoms with Crippen LogP contribution in [0.2, 0.25) is 0 Å². The molecule has 2 nitrogen and oxygen atoms in total. The van der Waals surface area contributed by atoms with Crippen molar-refractivity contribution in [2.24, 2.45) is 0 Å². The van der Waals surface area contributed by atoms with Gasteiger partial charge in [-0.15, -0.1) is 0 Å². The number of benzene rings is 1. The van der Waals surface area contributed by atoms with Gasteiger partial charge in [-0.25, -0.2) is 0 Å². The molecule has 0 saturated heterocycles. The molecule has 1 saturated carbocycles. The number of aryl methyl sites for hydroxylation is 2. The van der Waals surface area contributed by atoms with Crippen molar-refractivity contribution in [2.75, 3.05) is 6.54 Å². The van der Waals surface area contributed by atoms with Crippen molar-refractivity contribution in [3.05, 3.63) is 35.0 Å². The number of nitrogens with one attached hydrogen (secondary N) is 2. The molecular formula is C15H20N2. The minimum atomic E-state index is 0.809. The van der Waals surface area contributed by atoms with E-state index >= 15 is 0 Å². The number of aromatic nitrogens is 1. The minimum Gasteiger partial charge on any atom is -0.361 e. The van der Waals surface area contributed by atoms with Crippen molar-refractivity contribution in [3.63, 3.8) is 0 Å². The van der Waals surface area contributed by atoms with E-state index in [-0.39, 0.29) is 0 Å². The lowest BCUT2D eigenvalue weighted by Gasteiger charge is -2.03. The lowest BCUT2D eigenvalue weighted by Crippen LogP contribution is -2.19. The fraction of sp³-hybridized carbons (Fsp3) is 0.467. The van der Waals surface area contributed by atoms with Gasteiger partial charge in [-0.3, -0.25) is 0 Å². The summed E-state index contributed by atoms with van der Waals surface area (Å²) >= 11 is 0. The van der Waals surface area contributed by atoms with E-state index in [1.807, 2.05) is 0 Å². The zero-order valence-corrected chi connectivity index (χ0v) is 10.6. The molecule has 0 unspecified atom stereocenters. The zero-order valence-electron chi connectivity index (χ0n) is 10.6. The smallest absolute Gasteiger partial charge is 0.0486 e. The number of fused-ring (bicyclic) bond motifs is 1. The molecule has 1 aliphatic carbocycles. The Morgan fingerprint density at radius 2 is 2.12 bits per heavy atom. The molecule has 1 fully saturated rings. The second kappa shape index (κ2) is 4.19. The molecule has 1 aliphatic rings. The van der Waals surface area contributed by atoms with Crippen LogP contribution in [0.15, 0.2) is 18.3 Å². The topological polar surface area (TPSA) is 27.8 Å². The average molecular weight is 228 g/mol. The second-order valence-electron chi connectivity index (χ2n) is 5.30. The van der Waals surface area contributed by atoms with Gasteiger partial charge in [-0.1, -0.05) is 11.6 Å². The fourth-order valence-corrected chi connectivity index (χ4v) is 2.55. The molecule has 0 aliphatic heterocycles. The molecule has 0 amide bonds. The first-order valence-corrected chi connectivity index (χ1v) is 6.54. The van der Waals surface area contributed by atoms with E-state index in [2.05, 4.69) is 42.5 Å². The van der Waals surface area contributed by atoms with E-state index < -0.39 is 0 Å². The maximum Gasteiger partial charge on any atom is 0.0486 e. The van der Waals surface area contributed by atoms with E-state index in [0.717, 1.165) is 19.0 Å². The summed E-state index contributed by atoms with van der Waals surface area (Å²) in [6.45, 7) is 5.45. The third-order valence-corrected chi connectivity index (χ3v) is 3.62. The molecule has 2 N–H and O–H groups in total. The Balaban J connectivity index is 1.83. The molecule has 1 aromatic heterocycles. The van der Waals surface area contributed by atoms with Crippen LogP contribution in [0.1, 0.15) is 29.5 Å². The monoisotopic (exact) mass is 228 g/mol. The Bertz CT molecular complexity index is 535. The van der Waals surface area contributed by atoms with Gasteiger partial charge in [0.2, 0.25) is 0 Å². The maximum atomic E-state index is 3.57. The SMILES string of the molecule is Cc1cc(C)c2[nH]cc(CCNC3CC3)c2c1. The van der Waals surface area contributed by atoms with Gasteiger partial charge in [-0.2, -0.15) is 0 Å². The highest BCUT2D eigenvalue weighted by Crippen LogP contribution is 2.24. The number of hydrogen-bond donors (Lipinski definition) is 2. The van der Waals surface area contributed by atoms with E-state index in [0.29, 0.717) is 0 Å². The summed E-state index contributed by atoms with van der Waals surface area (Å²) in [5.74, 6) is 0. The van der Waals surface area contributed by atoms with Crippen LogP contribution in [0, 0.1) is 13.8 Å². The van der Waals surface area contributed by atoms with Crippen LogP contribution >= 0.6 is 0 Å². The standard InChI is InChI=1S/C15H20N2/c1-10-7-11(2)15-14(8-10)12(9-17-15)5-6-16-13-3-4-13/h7-9,13,16-17H,3-6H2,1-2H3. The first kappa shape index (κ1) is 10.8. The fourth-order valence-electron chi connectivity index (χ4n) is 2.55. The van der Waals surface area contributed by atoms with Gasteiger partial charge in [0.05, 0.1) is 0 Å². The summed E-state index contributed by atoms with van der Waals surface area (Å²) in [6.07, 6.45) is 6.03. The molecule has 17 heavy (non-hydrogen) atoms. The first-order valence-electron chi connectivity index (χ1n) is 6.54. The van der Waals surface area contributed by atoms with Crippen molar-refractivity contribution < 1.29 is 0 Å². The van der Waals surface area contributed by atoms with Crippen LogP contribution < -0.4 is 5.32 Å². The molecular weight excluding hydrogens is 208 g/mol. The highest BCUT2D eigenvalue weighted by molar-refractivity contribution is 5.86. The van der Waals surface area contributed by atoms with E-state index in [4.69, 9.17) is 0 Å². The molecule has 0 atom stereocenters. The van der Waals surface area contributed by atoms with Crippen molar-refractivity contribution in [3.8, 4) is 0 Å². The van der Waals surface area contributed by atoms with Gasteiger partial charge in [0.25, 0.3) is 0 Å². The molecule has 0 spiro atoms. The Morgan fingerprint density at radius 1 is 1.29 bits per heavy atom. The van der Waals surface area contributed by atoms with Gasteiger partial charge < -0.3 is 10.3 Å². The predicted octanol–water partition coefficient (Wildman–Crippen LogP) is 3.08. The van der Waals surface area contributed by atoms with E-state index in [1.54, 1.807) is 0 Å². The Hall–Kier alpha value is -1.28. The Morgan fingerprint density at radius 3 is 2.88 bits per heavy atom. The van der Waals surface area contributed by atoms with Gasteiger partial charge >= 0.3 is 0 Å².